The van der Waals surface area contributed by atoms with Crippen LogP contribution in [0.15, 0.2) is 24.3 Å². The van der Waals surface area contributed by atoms with Crippen LogP contribution in [-0.2, 0) is 16.1 Å². The minimum absolute atomic E-state index is 0.0358. The van der Waals surface area contributed by atoms with E-state index in [1.54, 1.807) is 0 Å². The molecule has 0 saturated carbocycles. The molecule has 0 aliphatic carbocycles. The topological polar surface area (TPSA) is 70.7 Å². The molecule has 0 radical (unpaired) electrons. The maximum atomic E-state index is 12.1. The van der Waals surface area contributed by atoms with Gasteiger partial charge in [0.15, 0.2) is 0 Å². The first-order valence-electron chi connectivity index (χ1n) is 9.92. The van der Waals surface area contributed by atoms with E-state index in [-0.39, 0.29) is 12.0 Å². The van der Waals surface area contributed by atoms with Gasteiger partial charge >= 0.3 is 6.09 Å². The average molecular weight is 410 g/mol. The zero-order chi connectivity index (χ0) is 20.6. The minimum atomic E-state index is -0.472. The summed E-state index contributed by atoms with van der Waals surface area (Å²) in [6, 6.07) is 7.53. The van der Waals surface area contributed by atoms with E-state index >= 15 is 0 Å². The summed E-state index contributed by atoms with van der Waals surface area (Å²) in [6.07, 6.45) is 2.14. The monoisotopic (exact) mass is 409 g/mol. The fraction of sp³-hybridized carbons (Fsp3) is 0.619. The molecule has 0 unspecified atom stereocenters. The molecule has 0 bridgehead atoms. The first-order chi connectivity index (χ1) is 13.2. The fourth-order valence-electron chi connectivity index (χ4n) is 3.14. The van der Waals surface area contributed by atoms with E-state index in [4.69, 9.17) is 16.3 Å². The van der Waals surface area contributed by atoms with Crippen LogP contribution in [0.3, 0.4) is 0 Å². The lowest BCUT2D eigenvalue weighted by atomic mass is 9.97. The number of piperidine rings is 1. The zero-order valence-electron chi connectivity index (χ0n) is 17.1. The quantitative estimate of drug-likeness (QED) is 0.722. The van der Waals surface area contributed by atoms with Gasteiger partial charge in [0.2, 0.25) is 5.91 Å². The first kappa shape index (κ1) is 22.5. The second kappa shape index (κ2) is 10.7. The molecule has 1 heterocycles. The van der Waals surface area contributed by atoms with E-state index in [9.17, 15) is 9.59 Å². The van der Waals surface area contributed by atoms with Gasteiger partial charge in [-0.3, -0.25) is 4.79 Å². The van der Waals surface area contributed by atoms with Gasteiger partial charge in [-0.2, -0.15) is 0 Å². The fourth-order valence-corrected chi connectivity index (χ4v) is 3.34. The van der Waals surface area contributed by atoms with Crippen LogP contribution in [0.2, 0.25) is 5.02 Å². The summed E-state index contributed by atoms with van der Waals surface area (Å²) in [4.78, 5) is 26.1. The molecule has 0 aromatic heterocycles. The van der Waals surface area contributed by atoms with Gasteiger partial charge in [0.05, 0.1) is 0 Å². The highest BCUT2D eigenvalue weighted by Gasteiger charge is 2.21. The standard InChI is InChI=1S/C21H32ClN3O3/c1-21(2,3)28-20(27)24-14-16-8-11-25(12-9-16)13-10-19(26)23-15-17-6-4-5-7-18(17)22/h4-7,16H,8-15H2,1-3H3,(H,23,26)(H,24,27). The Labute approximate surface area is 172 Å². The number of nitrogens with zero attached hydrogens (tertiary/aromatic N) is 1. The maximum absolute atomic E-state index is 12.1. The van der Waals surface area contributed by atoms with Crippen LogP contribution in [0.4, 0.5) is 4.79 Å². The third-order valence-corrected chi connectivity index (χ3v) is 5.10. The largest absolute Gasteiger partial charge is 0.444 e. The molecule has 7 heteroatoms. The maximum Gasteiger partial charge on any atom is 0.407 e. The molecule has 1 saturated heterocycles. The van der Waals surface area contributed by atoms with Crippen molar-refractivity contribution in [2.45, 2.75) is 52.2 Å². The van der Waals surface area contributed by atoms with E-state index < -0.39 is 5.60 Å². The van der Waals surface area contributed by atoms with E-state index in [1.807, 2.05) is 45.0 Å². The molecule has 6 nitrogen and oxygen atoms in total. The van der Waals surface area contributed by atoms with Gasteiger partial charge in [-0.05, 0) is 64.3 Å². The predicted octanol–water partition coefficient (Wildman–Crippen LogP) is 3.58. The Morgan fingerprint density at radius 3 is 2.50 bits per heavy atom. The van der Waals surface area contributed by atoms with Crippen LogP contribution < -0.4 is 10.6 Å². The summed E-state index contributed by atoms with van der Waals surface area (Å²) in [5.74, 6) is 0.492. The Bertz CT molecular complexity index is 653. The zero-order valence-corrected chi connectivity index (χ0v) is 17.8. The number of halogens is 1. The van der Waals surface area contributed by atoms with Gasteiger partial charge in [0.1, 0.15) is 5.60 Å². The van der Waals surface area contributed by atoms with Crippen molar-refractivity contribution < 1.29 is 14.3 Å². The molecule has 1 aromatic rings. The Balaban J connectivity index is 1.59. The van der Waals surface area contributed by atoms with Gasteiger partial charge in [-0.1, -0.05) is 29.8 Å². The van der Waals surface area contributed by atoms with Crippen LogP contribution in [0.25, 0.3) is 0 Å². The molecule has 0 atom stereocenters. The van der Waals surface area contributed by atoms with Crippen LogP contribution in [0.1, 0.15) is 45.6 Å². The number of benzene rings is 1. The summed E-state index contributed by atoms with van der Waals surface area (Å²) in [5.41, 5.74) is 0.454. The van der Waals surface area contributed by atoms with E-state index in [0.29, 0.717) is 30.5 Å². The van der Waals surface area contributed by atoms with Gasteiger partial charge in [0, 0.05) is 31.1 Å². The molecule has 1 aliphatic heterocycles. The number of ether oxygens (including phenoxy) is 1. The lowest BCUT2D eigenvalue weighted by molar-refractivity contribution is -0.121. The van der Waals surface area contributed by atoms with Gasteiger partial charge in [-0.25, -0.2) is 4.79 Å². The molecule has 2 rings (SSSR count). The number of hydrogen-bond acceptors (Lipinski definition) is 4. The number of hydrogen-bond donors (Lipinski definition) is 2. The van der Waals surface area contributed by atoms with Gasteiger partial charge < -0.3 is 20.3 Å². The normalized spacial score (nSPS) is 15.9. The molecule has 2 N–H and O–H groups in total. The summed E-state index contributed by atoms with van der Waals surface area (Å²) in [6.45, 7) is 9.30. The summed E-state index contributed by atoms with van der Waals surface area (Å²) in [5, 5.41) is 6.46. The number of amides is 2. The lowest BCUT2D eigenvalue weighted by Gasteiger charge is -2.32. The van der Waals surface area contributed by atoms with Crippen LogP contribution in [0.5, 0.6) is 0 Å². The van der Waals surface area contributed by atoms with Crippen LogP contribution in [0, 0.1) is 5.92 Å². The smallest absolute Gasteiger partial charge is 0.407 e. The van der Waals surface area contributed by atoms with Crippen molar-refractivity contribution in [2.75, 3.05) is 26.2 Å². The molecule has 156 valence electrons. The second-order valence-electron chi connectivity index (χ2n) is 8.29. The van der Waals surface area contributed by atoms with Crippen molar-refractivity contribution in [3.63, 3.8) is 0 Å². The number of carbonyl (C=O) groups is 2. The second-order valence-corrected chi connectivity index (χ2v) is 8.69. The Hall–Kier alpha value is -1.79. The summed E-state index contributed by atoms with van der Waals surface area (Å²) >= 11 is 6.10. The van der Waals surface area contributed by atoms with Gasteiger partial charge in [0.25, 0.3) is 0 Å². The van der Waals surface area contributed by atoms with E-state index in [2.05, 4.69) is 15.5 Å². The Morgan fingerprint density at radius 1 is 1.18 bits per heavy atom. The molecular weight excluding hydrogens is 378 g/mol. The predicted molar refractivity (Wildman–Crippen MR) is 111 cm³/mol. The highest BCUT2D eigenvalue weighted by molar-refractivity contribution is 6.31. The van der Waals surface area contributed by atoms with E-state index in [1.165, 1.54) is 0 Å². The number of alkyl carbamates (subject to hydrolysis) is 1. The number of nitrogens with one attached hydrogen (secondary N) is 2. The molecule has 28 heavy (non-hydrogen) atoms. The average Bonchev–Trinajstić information content (AvgIpc) is 2.63. The minimum Gasteiger partial charge on any atom is -0.444 e. The first-order valence-corrected chi connectivity index (χ1v) is 10.3. The molecule has 1 fully saturated rings. The SMILES string of the molecule is CC(C)(C)OC(=O)NCC1CCN(CCC(=O)NCc2ccccc2Cl)CC1. The summed E-state index contributed by atoms with van der Waals surface area (Å²) < 4.78 is 5.26. The molecule has 1 aromatic carbocycles. The molecule has 0 spiro atoms. The van der Waals surface area contributed by atoms with Crippen LogP contribution in [-0.4, -0.2) is 48.7 Å². The number of rotatable bonds is 7. The van der Waals surface area contributed by atoms with Crippen molar-refractivity contribution in [3.05, 3.63) is 34.9 Å². The lowest BCUT2D eigenvalue weighted by Crippen LogP contribution is -2.41. The highest BCUT2D eigenvalue weighted by atomic mass is 35.5. The Kier molecular flexibility index (Phi) is 8.58. The van der Waals surface area contributed by atoms with Crippen molar-refractivity contribution in [3.8, 4) is 0 Å². The van der Waals surface area contributed by atoms with Crippen molar-refractivity contribution >= 4 is 23.6 Å². The number of likely N-dealkylation sites (tertiary alicyclic amines) is 1. The molecular formula is C21H32ClN3O3. The van der Waals surface area contributed by atoms with Crippen LogP contribution >= 0.6 is 11.6 Å². The third-order valence-electron chi connectivity index (χ3n) is 4.73. The number of carbonyl (C=O) groups excluding carboxylic acids is 2. The van der Waals surface area contributed by atoms with Crippen molar-refractivity contribution in [1.82, 2.24) is 15.5 Å². The third kappa shape index (κ3) is 8.48. The Morgan fingerprint density at radius 2 is 1.86 bits per heavy atom. The van der Waals surface area contributed by atoms with Gasteiger partial charge in [-0.15, -0.1) is 0 Å². The molecule has 1 aliphatic rings. The van der Waals surface area contributed by atoms with E-state index in [0.717, 1.165) is 38.0 Å². The highest BCUT2D eigenvalue weighted by Crippen LogP contribution is 2.17. The molecule has 2 amide bonds. The van der Waals surface area contributed by atoms with Crippen molar-refractivity contribution in [2.24, 2.45) is 5.92 Å². The van der Waals surface area contributed by atoms with Crippen molar-refractivity contribution in [1.29, 1.82) is 0 Å². The summed E-state index contributed by atoms with van der Waals surface area (Å²) in [7, 11) is 0.